The number of benzene rings is 1. The molecule has 2 rings (SSSR count). The van der Waals surface area contributed by atoms with Crippen molar-refractivity contribution in [1.82, 2.24) is 4.57 Å². The van der Waals surface area contributed by atoms with E-state index in [-0.39, 0.29) is 5.69 Å². The third-order valence-electron chi connectivity index (χ3n) is 2.49. The van der Waals surface area contributed by atoms with E-state index < -0.39 is 11.1 Å². The third kappa shape index (κ3) is 2.08. The Kier molecular flexibility index (Phi) is 3.00. The van der Waals surface area contributed by atoms with Crippen LogP contribution in [0.25, 0.3) is 0 Å². The molecule has 0 saturated heterocycles. The molecule has 86 valence electrons. The number of nitrogens with zero attached hydrogens (tertiary/aromatic N) is 2. The van der Waals surface area contributed by atoms with Crippen LogP contribution in [0, 0.1) is 10.1 Å². The zero-order valence-electron chi connectivity index (χ0n) is 8.89. The van der Waals surface area contributed by atoms with Crippen LogP contribution < -0.4 is 0 Å². The molecule has 0 bridgehead atoms. The molecule has 5 nitrogen and oxygen atoms in total. The van der Waals surface area contributed by atoms with Gasteiger partial charge in [-0.1, -0.05) is 30.3 Å². The van der Waals surface area contributed by atoms with Crippen molar-refractivity contribution in [3.63, 3.8) is 0 Å². The van der Waals surface area contributed by atoms with E-state index in [1.54, 1.807) is 42.5 Å². The van der Waals surface area contributed by atoms with Gasteiger partial charge in [0.2, 0.25) is 0 Å². The van der Waals surface area contributed by atoms with Gasteiger partial charge in [-0.25, -0.2) is 0 Å². The Morgan fingerprint density at radius 3 is 2.47 bits per heavy atom. The van der Waals surface area contributed by atoms with Crippen LogP contribution in [0.2, 0.25) is 0 Å². The molecular formula is C12H10N2O3. The fourth-order valence-corrected chi connectivity index (χ4v) is 1.74. The van der Waals surface area contributed by atoms with Crippen LogP contribution in [0.4, 0.5) is 0 Å². The molecule has 0 spiro atoms. The summed E-state index contributed by atoms with van der Waals surface area (Å²) >= 11 is 0. The lowest BCUT2D eigenvalue weighted by Gasteiger charge is -2.12. The Labute approximate surface area is 97.5 Å². The van der Waals surface area contributed by atoms with Gasteiger partial charge < -0.3 is 0 Å². The minimum atomic E-state index is -1.06. The van der Waals surface area contributed by atoms with E-state index >= 15 is 0 Å². The minimum absolute atomic E-state index is 0.288. The largest absolute Gasteiger partial charge is 0.316 e. The molecule has 5 heteroatoms. The number of carbonyl (C=O) groups is 1. The zero-order valence-corrected chi connectivity index (χ0v) is 8.89. The number of aromatic nitrogens is 1. The molecule has 1 heterocycles. The summed E-state index contributed by atoms with van der Waals surface area (Å²) in [7, 11) is 0. The van der Waals surface area contributed by atoms with Gasteiger partial charge in [-0.3, -0.25) is 19.5 Å². The summed E-state index contributed by atoms with van der Waals surface area (Å²) in [5.74, 6) is 0. The highest BCUT2D eigenvalue weighted by Crippen LogP contribution is 2.20. The Balaban J connectivity index is 2.51. The standard InChI is InChI=1S/C12H10N2O3/c15-9-11-7-4-8-13(11)12(14(16)17)10-5-2-1-3-6-10/h1-9,12H. The average Bonchev–Trinajstić information content (AvgIpc) is 2.78. The SMILES string of the molecule is O=Cc1cccn1C(c1ccccc1)[N+](=O)[O-]. The van der Waals surface area contributed by atoms with Gasteiger partial charge in [0.25, 0.3) is 0 Å². The number of hydrogen-bond donors (Lipinski definition) is 0. The second-order valence-electron chi connectivity index (χ2n) is 3.53. The van der Waals surface area contributed by atoms with Crippen LogP contribution in [-0.2, 0) is 0 Å². The van der Waals surface area contributed by atoms with Crippen LogP contribution in [-0.4, -0.2) is 15.8 Å². The number of nitro groups is 1. The fraction of sp³-hybridized carbons (Fsp3) is 0.0833. The fourth-order valence-electron chi connectivity index (χ4n) is 1.74. The maximum Gasteiger partial charge on any atom is 0.316 e. The van der Waals surface area contributed by atoms with Gasteiger partial charge in [0.05, 0.1) is 10.6 Å². The summed E-state index contributed by atoms with van der Waals surface area (Å²) in [6.45, 7) is 0. The molecule has 1 aromatic carbocycles. The van der Waals surface area contributed by atoms with Crippen LogP contribution in [0.15, 0.2) is 48.7 Å². The molecule has 1 aromatic heterocycles. The van der Waals surface area contributed by atoms with Crippen molar-refractivity contribution in [2.75, 3.05) is 0 Å². The Hall–Kier alpha value is -2.43. The number of rotatable bonds is 4. The second-order valence-corrected chi connectivity index (χ2v) is 3.53. The first-order valence-electron chi connectivity index (χ1n) is 5.04. The molecule has 0 amide bonds. The Morgan fingerprint density at radius 2 is 1.88 bits per heavy atom. The summed E-state index contributed by atoms with van der Waals surface area (Å²) in [5.41, 5.74) is 0.826. The van der Waals surface area contributed by atoms with E-state index in [9.17, 15) is 14.9 Å². The van der Waals surface area contributed by atoms with Gasteiger partial charge in [-0.15, -0.1) is 0 Å². The van der Waals surface area contributed by atoms with Crippen molar-refractivity contribution < 1.29 is 9.72 Å². The minimum Gasteiger partial charge on any atom is -0.296 e. The number of aldehydes is 1. The number of hydrogen-bond acceptors (Lipinski definition) is 3. The smallest absolute Gasteiger partial charge is 0.296 e. The first kappa shape index (κ1) is 11.1. The van der Waals surface area contributed by atoms with Gasteiger partial charge in [0, 0.05) is 11.8 Å². The van der Waals surface area contributed by atoms with Crippen LogP contribution in [0.1, 0.15) is 22.2 Å². The van der Waals surface area contributed by atoms with Crippen LogP contribution in [0.5, 0.6) is 0 Å². The molecule has 1 atom stereocenters. The van der Waals surface area contributed by atoms with Crippen molar-refractivity contribution in [2.24, 2.45) is 0 Å². The van der Waals surface area contributed by atoms with E-state index in [1.807, 2.05) is 0 Å². The lowest BCUT2D eigenvalue weighted by atomic mass is 10.2. The Morgan fingerprint density at radius 1 is 1.18 bits per heavy atom. The topological polar surface area (TPSA) is 65.1 Å². The predicted molar refractivity (Wildman–Crippen MR) is 61.4 cm³/mol. The molecule has 0 aliphatic rings. The van der Waals surface area contributed by atoms with Crippen molar-refractivity contribution in [3.05, 3.63) is 70.0 Å². The highest BCUT2D eigenvalue weighted by molar-refractivity contribution is 5.72. The van der Waals surface area contributed by atoms with Crippen molar-refractivity contribution in [2.45, 2.75) is 6.17 Å². The Bertz CT molecular complexity index is 534. The molecule has 0 N–H and O–H groups in total. The van der Waals surface area contributed by atoms with Crippen molar-refractivity contribution in [3.8, 4) is 0 Å². The highest BCUT2D eigenvalue weighted by Gasteiger charge is 2.25. The van der Waals surface area contributed by atoms with E-state index in [1.165, 1.54) is 10.8 Å². The quantitative estimate of drug-likeness (QED) is 0.459. The molecule has 0 radical (unpaired) electrons. The lowest BCUT2D eigenvalue weighted by Crippen LogP contribution is -2.20. The predicted octanol–water partition coefficient (Wildman–Crippen LogP) is 2.12. The molecule has 17 heavy (non-hydrogen) atoms. The molecule has 0 fully saturated rings. The highest BCUT2D eigenvalue weighted by atomic mass is 16.6. The monoisotopic (exact) mass is 230 g/mol. The molecule has 0 saturated carbocycles. The maximum absolute atomic E-state index is 11.1. The molecule has 1 unspecified atom stereocenters. The van der Waals surface area contributed by atoms with Crippen molar-refractivity contribution >= 4 is 6.29 Å². The van der Waals surface area contributed by atoms with E-state index in [2.05, 4.69) is 0 Å². The summed E-state index contributed by atoms with van der Waals surface area (Å²) in [4.78, 5) is 21.5. The van der Waals surface area contributed by atoms with Gasteiger partial charge in [0.15, 0.2) is 6.29 Å². The van der Waals surface area contributed by atoms with Gasteiger partial charge in [-0.05, 0) is 12.1 Å². The lowest BCUT2D eigenvalue weighted by molar-refractivity contribution is -0.535. The van der Waals surface area contributed by atoms with Crippen molar-refractivity contribution in [1.29, 1.82) is 0 Å². The summed E-state index contributed by atoms with van der Waals surface area (Å²) in [6.07, 6.45) is 1.08. The van der Waals surface area contributed by atoms with E-state index in [0.29, 0.717) is 11.8 Å². The van der Waals surface area contributed by atoms with Gasteiger partial charge in [-0.2, -0.15) is 0 Å². The van der Waals surface area contributed by atoms with Gasteiger partial charge in [0.1, 0.15) is 0 Å². The number of carbonyl (C=O) groups excluding carboxylic acids is 1. The molecular weight excluding hydrogens is 220 g/mol. The zero-order chi connectivity index (χ0) is 12.3. The third-order valence-corrected chi connectivity index (χ3v) is 2.49. The molecule has 0 aliphatic heterocycles. The van der Waals surface area contributed by atoms with E-state index in [4.69, 9.17) is 0 Å². The summed E-state index contributed by atoms with van der Waals surface area (Å²) < 4.78 is 1.35. The van der Waals surface area contributed by atoms with Crippen LogP contribution >= 0.6 is 0 Å². The first-order chi connectivity index (χ1) is 8.24. The second kappa shape index (κ2) is 4.61. The normalized spacial score (nSPS) is 12.0. The average molecular weight is 230 g/mol. The molecule has 0 aliphatic carbocycles. The summed E-state index contributed by atoms with van der Waals surface area (Å²) in [6, 6.07) is 11.8. The van der Waals surface area contributed by atoms with Gasteiger partial charge >= 0.3 is 6.17 Å². The molecule has 2 aromatic rings. The van der Waals surface area contributed by atoms with E-state index in [0.717, 1.165) is 0 Å². The van der Waals surface area contributed by atoms with Crippen LogP contribution in [0.3, 0.4) is 0 Å². The summed E-state index contributed by atoms with van der Waals surface area (Å²) in [5, 5.41) is 11.1. The maximum atomic E-state index is 11.1. The first-order valence-corrected chi connectivity index (χ1v) is 5.04.